The van der Waals surface area contributed by atoms with Gasteiger partial charge in [0.05, 0.1) is 0 Å². The molecule has 1 aromatic rings. The summed E-state index contributed by atoms with van der Waals surface area (Å²) in [5.74, 6) is 0.501. The Morgan fingerprint density at radius 2 is 2.20 bits per heavy atom. The van der Waals surface area contributed by atoms with E-state index in [4.69, 9.17) is 0 Å². The van der Waals surface area contributed by atoms with Crippen LogP contribution in [-0.2, 0) is 4.79 Å². The fourth-order valence-corrected chi connectivity index (χ4v) is 2.91. The van der Waals surface area contributed by atoms with Crippen LogP contribution in [0.5, 0.6) is 0 Å². The van der Waals surface area contributed by atoms with Gasteiger partial charge in [-0.25, -0.2) is 0 Å². The number of rotatable bonds is 3. The minimum absolute atomic E-state index is 0.105. The SMILES string of the molecule is Cc1cc(NC(=O)C(C)(C)C2CCCNC2)ccc1Br. The second-order valence-corrected chi connectivity index (χ2v) is 7.04. The van der Waals surface area contributed by atoms with Gasteiger partial charge in [0.15, 0.2) is 0 Å². The molecule has 20 heavy (non-hydrogen) atoms. The van der Waals surface area contributed by atoms with Crippen molar-refractivity contribution in [1.82, 2.24) is 5.32 Å². The Kier molecular flexibility index (Phi) is 4.86. The van der Waals surface area contributed by atoms with E-state index in [0.29, 0.717) is 5.92 Å². The molecule has 3 nitrogen and oxygen atoms in total. The van der Waals surface area contributed by atoms with Gasteiger partial charge in [0, 0.05) is 15.6 Å². The number of benzene rings is 1. The topological polar surface area (TPSA) is 41.1 Å². The second kappa shape index (κ2) is 6.27. The molecule has 0 aliphatic carbocycles. The van der Waals surface area contributed by atoms with E-state index in [-0.39, 0.29) is 11.3 Å². The van der Waals surface area contributed by atoms with Crippen molar-refractivity contribution in [3.63, 3.8) is 0 Å². The van der Waals surface area contributed by atoms with Gasteiger partial charge in [-0.1, -0.05) is 29.8 Å². The third-order valence-corrected chi connectivity index (χ3v) is 5.21. The molecule has 1 saturated heterocycles. The van der Waals surface area contributed by atoms with Gasteiger partial charge in [-0.3, -0.25) is 4.79 Å². The quantitative estimate of drug-likeness (QED) is 0.881. The summed E-state index contributed by atoms with van der Waals surface area (Å²) < 4.78 is 1.06. The third-order valence-electron chi connectivity index (χ3n) is 4.32. The molecule has 2 N–H and O–H groups in total. The molecular formula is C16H23BrN2O. The molecule has 1 aliphatic rings. The van der Waals surface area contributed by atoms with E-state index in [1.54, 1.807) is 0 Å². The molecule has 0 bridgehead atoms. The van der Waals surface area contributed by atoms with Crippen LogP contribution in [0.4, 0.5) is 5.69 Å². The maximum Gasteiger partial charge on any atom is 0.230 e. The fourth-order valence-electron chi connectivity index (χ4n) is 2.67. The Bertz CT molecular complexity index is 493. The molecule has 0 spiro atoms. The molecular weight excluding hydrogens is 316 g/mol. The van der Waals surface area contributed by atoms with Crippen molar-refractivity contribution >= 4 is 27.5 Å². The average molecular weight is 339 g/mol. The predicted octanol–water partition coefficient (Wildman–Crippen LogP) is 3.72. The van der Waals surface area contributed by atoms with Crippen molar-refractivity contribution < 1.29 is 4.79 Å². The van der Waals surface area contributed by atoms with Crippen molar-refractivity contribution in [2.45, 2.75) is 33.6 Å². The normalized spacial score (nSPS) is 19.7. The maximum atomic E-state index is 12.6. The summed E-state index contributed by atoms with van der Waals surface area (Å²) in [6, 6.07) is 5.90. The molecule has 1 unspecified atom stereocenters. The summed E-state index contributed by atoms with van der Waals surface area (Å²) >= 11 is 3.48. The molecule has 1 atom stereocenters. The second-order valence-electron chi connectivity index (χ2n) is 6.18. The number of hydrogen-bond donors (Lipinski definition) is 2. The first-order chi connectivity index (χ1) is 9.41. The van der Waals surface area contributed by atoms with Crippen molar-refractivity contribution in [2.24, 2.45) is 11.3 Å². The molecule has 4 heteroatoms. The van der Waals surface area contributed by atoms with Crippen LogP contribution in [0.2, 0.25) is 0 Å². The highest BCUT2D eigenvalue weighted by molar-refractivity contribution is 9.10. The number of halogens is 1. The van der Waals surface area contributed by atoms with Gasteiger partial charge in [0.1, 0.15) is 0 Å². The summed E-state index contributed by atoms with van der Waals surface area (Å²) in [5, 5.41) is 6.45. The highest BCUT2D eigenvalue weighted by atomic mass is 79.9. The first-order valence-corrected chi connectivity index (χ1v) is 7.99. The lowest BCUT2D eigenvalue weighted by Gasteiger charge is -2.36. The van der Waals surface area contributed by atoms with Crippen LogP contribution in [0.1, 0.15) is 32.3 Å². The van der Waals surface area contributed by atoms with Gasteiger partial charge >= 0.3 is 0 Å². The van der Waals surface area contributed by atoms with Crippen molar-refractivity contribution in [3.8, 4) is 0 Å². The van der Waals surface area contributed by atoms with Crippen LogP contribution in [0.15, 0.2) is 22.7 Å². The Balaban J connectivity index is 2.07. The van der Waals surface area contributed by atoms with Gasteiger partial charge in [-0.15, -0.1) is 0 Å². The van der Waals surface area contributed by atoms with Gasteiger partial charge in [-0.05, 0) is 62.5 Å². The summed E-state index contributed by atoms with van der Waals surface area (Å²) in [5.41, 5.74) is 1.64. The lowest BCUT2D eigenvalue weighted by molar-refractivity contribution is -0.127. The molecule has 110 valence electrons. The summed E-state index contributed by atoms with van der Waals surface area (Å²) in [6.45, 7) is 8.12. The molecule has 0 aromatic heterocycles. The Hall–Kier alpha value is -0.870. The van der Waals surface area contributed by atoms with Crippen molar-refractivity contribution in [2.75, 3.05) is 18.4 Å². The van der Waals surface area contributed by atoms with E-state index in [2.05, 4.69) is 26.6 Å². The largest absolute Gasteiger partial charge is 0.326 e. The van der Waals surface area contributed by atoms with Crippen LogP contribution in [-0.4, -0.2) is 19.0 Å². The number of anilines is 1. The molecule has 1 amide bonds. The third kappa shape index (κ3) is 3.41. The smallest absolute Gasteiger partial charge is 0.230 e. The molecule has 1 aliphatic heterocycles. The van der Waals surface area contributed by atoms with E-state index < -0.39 is 0 Å². The number of aryl methyl sites for hydroxylation is 1. The first kappa shape index (κ1) is 15.5. The minimum atomic E-state index is -0.353. The lowest BCUT2D eigenvalue weighted by atomic mass is 9.74. The van der Waals surface area contributed by atoms with Crippen LogP contribution < -0.4 is 10.6 Å². The van der Waals surface area contributed by atoms with Gasteiger partial charge < -0.3 is 10.6 Å². The van der Waals surface area contributed by atoms with E-state index in [0.717, 1.165) is 41.7 Å². The lowest BCUT2D eigenvalue weighted by Crippen LogP contribution is -2.44. The molecule has 2 rings (SSSR count). The molecule has 1 aromatic carbocycles. The van der Waals surface area contributed by atoms with Crippen LogP contribution in [0.3, 0.4) is 0 Å². The zero-order chi connectivity index (χ0) is 14.8. The van der Waals surface area contributed by atoms with Crippen LogP contribution in [0, 0.1) is 18.3 Å². The minimum Gasteiger partial charge on any atom is -0.326 e. The number of piperidine rings is 1. The maximum absolute atomic E-state index is 12.6. The van der Waals surface area contributed by atoms with E-state index in [1.807, 2.05) is 39.0 Å². The number of amides is 1. The summed E-state index contributed by atoms with van der Waals surface area (Å²) in [4.78, 5) is 12.6. The number of carbonyl (C=O) groups excluding carboxylic acids is 1. The van der Waals surface area contributed by atoms with Crippen LogP contribution >= 0.6 is 15.9 Å². The number of carbonyl (C=O) groups is 1. The molecule has 0 radical (unpaired) electrons. The Morgan fingerprint density at radius 3 is 2.80 bits per heavy atom. The average Bonchev–Trinajstić information content (AvgIpc) is 2.44. The number of nitrogens with one attached hydrogen (secondary N) is 2. The summed E-state index contributed by atoms with van der Waals surface area (Å²) in [7, 11) is 0. The molecule has 1 heterocycles. The molecule has 1 fully saturated rings. The Morgan fingerprint density at radius 1 is 1.45 bits per heavy atom. The highest BCUT2D eigenvalue weighted by Gasteiger charge is 2.37. The van der Waals surface area contributed by atoms with Gasteiger partial charge in [0.25, 0.3) is 0 Å². The monoisotopic (exact) mass is 338 g/mol. The predicted molar refractivity (Wildman–Crippen MR) is 86.9 cm³/mol. The summed E-state index contributed by atoms with van der Waals surface area (Å²) in [6.07, 6.45) is 2.27. The van der Waals surface area contributed by atoms with Crippen molar-refractivity contribution in [1.29, 1.82) is 0 Å². The first-order valence-electron chi connectivity index (χ1n) is 7.19. The highest BCUT2D eigenvalue weighted by Crippen LogP contribution is 2.33. The van der Waals surface area contributed by atoms with E-state index in [1.165, 1.54) is 0 Å². The van der Waals surface area contributed by atoms with Gasteiger partial charge in [0.2, 0.25) is 5.91 Å². The van der Waals surface area contributed by atoms with Gasteiger partial charge in [-0.2, -0.15) is 0 Å². The number of hydrogen-bond acceptors (Lipinski definition) is 2. The van der Waals surface area contributed by atoms with E-state index in [9.17, 15) is 4.79 Å². The molecule has 0 saturated carbocycles. The standard InChI is InChI=1S/C16H23BrN2O/c1-11-9-13(6-7-14(11)17)19-15(20)16(2,3)12-5-4-8-18-10-12/h6-7,9,12,18H,4-5,8,10H2,1-3H3,(H,19,20). The fraction of sp³-hybridized carbons (Fsp3) is 0.562. The zero-order valence-corrected chi connectivity index (χ0v) is 14.0. The Labute approximate surface area is 129 Å². The van der Waals surface area contributed by atoms with E-state index >= 15 is 0 Å². The van der Waals surface area contributed by atoms with Crippen molar-refractivity contribution in [3.05, 3.63) is 28.2 Å². The van der Waals surface area contributed by atoms with Crippen LogP contribution in [0.25, 0.3) is 0 Å². The zero-order valence-electron chi connectivity index (χ0n) is 12.4.